The van der Waals surface area contributed by atoms with Crippen LogP contribution in [0.3, 0.4) is 0 Å². The van der Waals surface area contributed by atoms with Crippen molar-refractivity contribution in [2.75, 3.05) is 13.2 Å². The van der Waals surface area contributed by atoms with Crippen molar-refractivity contribution in [2.24, 2.45) is 0 Å². The van der Waals surface area contributed by atoms with Crippen molar-refractivity contribution in [3.8, 4) is 0 Å². The van der Waals surface area contributed by atoms with Crippen LogP contribution in [-0.4, -0.2) is 89.2 Å². The lowest BCUT2D eigenvalue weighted by atomic mass is 9.98. The normalized spacial score (nSPS) is 18.6. The molecule has 0 aliphatic carbocycles. The second kappa shape index (κ2) is 52.6. The van der Waals surface area contributed by atoms with Crippen molar-refractivity contribution >= 4 is 23.9 Å². The fraction of sp³-hybridized carbons (Fsp3) is 0.723. The van der Waals surface area contributed by atoms with Crippen LogP contribution in [0.5, 0.6) is 0 Å². The van der Waals surface area contributed by atoms with Crippen LogP contribution in [0.2, 0.25) is 0 Å². The molecule has 0 aromatic rings. The van der Waals surface area contributed by atoms with Gasteiger partial charge in [0.05, 0.1) is 6.61 Å². The Morgan fingerprint density at radius 1 is 0.442 bits per heavy atom. The van der Waals surface area contributed by atoms with Gasteiger partial charge in [0.2, 0.25) is 0 Å². The van der Waals surface area contributed by atoms with Gasteiger partial charge in [-0.15, -0.1) is 0 Å². The summed E-state index contributed by atoms with van der Waals surface area (Å²) in [5.74, 6) is -3.23. The first kappa shape index (κ1) is 70.9. The van der Waals surface area contributed by atoms with E-state index in [0.717, 1.165) is 96.3 Å². The average Bonchev–Trinajstić information content (AvgIpc) is 3.42. The predicted octanol–water partition coefficient (Wildman–Crippen LogP) is 15.9. The Morgan fingerprint density at radius 2 is 0.844 bits per heavy atom. The highest BCUT2D eigenvalue weighted by Crippen LogP contribution is 2.26. The monoisotopic (exact) mass is 1080 g/mol. The van der Waals surface area contributed by atoms with Gasteiger partial charge < -0.3 is 39.0 Å². The van der Waals surface area contributed by atoms with E-state index in [2.05, 4.69) is 93.7 Å². The summed E-state index contributed by atoms with van der Waals surface area (Å²) in [6, 6.07) is 0. The minimum absolute atomic E-state index is 0.0521. The van der Waals surface area contributed by atoms with E-state index in [-0.39, 0.29) is 25.9 Å². The Hall–Kier alpha value is -4.10. The molecule has 0 amide bonds. The number of aliphatic hydroxyl groups excluding tert-OH is 2. The number of ether oxygens (including phenoxy) is 5. The lowest BCUT2D eigenvalue weighted by Gasteiger charge is -2.40. The molecule has 1 rings (SSSR count). The Kier molecular flexibility index (Phi) is 48.4. The molecule has 12 heteroatoms. The Morgan fingerprint density at radius 3 is 1.30 bits per heavy atom. The molecule has 6 atom stereocenters. The van der Waals surface area contributed by atoms with Crippen LogP contribution >= 0.6 is 0 Å². The van der Waals surface area contributed by atoms with Crippen molar-refractivity contribution in [1.29, 1.82) is 0 Å². The molecule has 1 heterocycles. The number of rotatable bonds is 51. The van der Waals surface area contributed by atoms with Crippen molar-refractivity contribution < 1.29 is 58.2 Å². The summed E-state index contributed by atoms with van der Waals surface area (Å²) in [5, 5.41) is 31.4. The van der Waals surface area contributed by atoms with Gasteiger partial charge in [0.25, 0.3) is 0 Å². The summed E-state index contributed by atoms with van der Waals surface area (Å²) < 4.78 is 28.3. The van der Waals surface area contributed by atoms with Crippen molar-refractivity contribution in [3.05, 3.63) is 85.1 Å². The lowest BCUT2D eigenvalue weighted by molar-refractivity contribution is -0.301. The summed E-state index contributed by atoms with van der Waals surface area (Å²) in [4.78, 5) is 51.0. The Bertz CT molecular complexity index is 1660. The average molecular weight is 1080 g/mol. The number of hydrogen-bond acceptors (Lipinski definition) is 11. The number of unbranched alkanes of at least 4 members (excludes halogenated alkanes) is 23. The van der Waals surface area contributed by atoms with E-state index in [1.54, 1.807) is 0 Å². The van der Waals surface area contributed by atoms with Crippen LogP contribution in [0.4, 0.5) is 0 Å². The number of aliphatic carboxylic acids is 1. The highest BCUT2D eigenvalue weighted by Gasteiger charge is 2.50. The van der Waals surface area contributed by atoms with E-state index < -0.39 is 67.3 Å². The number of hydrogen-bond donors (Lipinski definition) is 3. The van der Waals surface area contributed by atoms with Crippen molar-refractivity contribution in [1.82, 2.24) is 0 Å². The van der Waals surface area contributed by atoms with Crippen molar-refractivity contribution in [2.45, 2.75) is 289 Å². The highest BCUT2D eigenvalue weighted by atomic mass is 16.7. The number of carboxylic acid groups (broad SMARTS) is 1. The molecule has 1 aliphatic heterocycles. The molecule has 0 bridgehead atoms. The number of esters is 3. The molecule has 0 aromatic heterocycles. The first-order chi connectivity index (χ1) is 37.6. The maximum absolute atomic E-state index is 13.2. The number of carboxylic acids is 1. The summed E-state index contributed by atoms with van der Waals surface area (Å²) >= 11 is 0. The van der Waals surface area contributed by atoms with E-state index in [1.165, 1.54) is 96.3 Å². The third-order valence-corrected chi connectivity index (χ3v) is 13.5. The van der Waals surface area contributed by atoms with Gasteiger partial charge in [0, 0.05) is 19.3 Å². The summed E-state index contributed by atoms with van der Waals surface area (Å²) in [7, 11) is 0. The summed E-state index contributed by atoms with van der Waals surface area (Å²) in [6.07, 6.45) is 55.8. The molecule has 0 aromatic carbocycles. The van der Waals surface area contributed by atoms with Gasteiger partial charge in [0.1, 0.15) is 18.8 Å². The highest BCUT2D eigenvalue weighted by molar-refractivity contribution is 5.74. The molecule has 0 saturated carbocycles. The molecule has 1 fully saturated rings. The summed E-state index contributed by atoms with van der Waals surface area (Å²) in [6.45, 7) is 5.78. The van der Waals surface area contributed by atoms with Crippen LogP contribution in [-0.2, 0) is 42.9 Å². The molecule has 3 N–H and O–H groups in total. The van der Waals surface area contributed by atoms with Gasteiger partial charge in [-0.05, 0) is 83.5 Å². The SMILES string of the molecule is CC/C=C\C/C=C\C/C=C\C/C=C\C/C=C\C/C=C\CCC(=O)OCC(COC1OC(C(=O)O)C(O)C(O)C1OC(=O)CCCCCCCCCCC)OC(=O)CCCCCCCCCCC/C=C\CCCCCCCC. The minimum Gasteiger partial charge on any atom is -0.479 e. The van der Waals surface area contributed by atoms with Crippen LogP contribution < -0.4 is 0 Å². The largest absolute Gasteiger partial charge is 0.479 e. The first-order valence-electron chi connectivity index (χ1n) is 30.6. The van der Waals surface area contributed by atoms with Crippen LogP contribution in [0.15, 0.2) is 85.1 Å². The fourth-order valence-electron chi connectivity index (χ4n) is 8.80. The van der Waals surface area contributed by atoms with E-state index in [4.69, 9.17) is 23.7 Å². The topological polar surface area (TPSA) is 175 Å². The van der Waals surface area contributed by atoms with Gasteiger partial charge in [-0.25, -0.2) is 4.79 Å². The zero-order chi connectivity index (χ0) is 56.1. The number of aliphatic hydroxyl groups is 2. The lowest BCUT2D eigenvalue weighted by Crippen LogP contribution is -2.61. The maximum atomic E-state index is 13.2. The van der Waals surface area contributed by atoms with Gasteiger partial charge in [0.15, 0.2) is 24.6 Å². The second-order valence-corrected chi connectivity index (χ2v) is 20.6. The van der Waals surface area contributed by atoms with Crippen molar-refractivity contribution in [3.63, 3.8) is 0 Å². The molecule has 1 aliphatic rings. The van der Waals surface area contributed by atoms with Crippen LogP contribution in [0.1, 0.15) is 252 Å². The molecular formula is C65H108O12. The second-order valence-electron chi connectivity index (χ2n) is 20.6. The molecule has 0 spiro atoms. The number of carbonyl (C=O) groups excluding carboxylic acids is 3. The quantitative estimate of drug-likeness (QED) is 0.0228. The predicted molar refractivity (Wildman–Crippen MR) is 312 cm³/mol. The molecule has 440 valence electrons. The fourth-order valence-corrected chi connectivity index (χ4v) is 8.80. The van der Waals surface area contributed by atoms with Gasteiger partial charge in [-0.2, -0.15) is 0 Å². The zero-order valence-corrected chi connectivity index (χ0v) is 48.4. The zero-order valence-electron chi connectivity index (χ0n) is 48.4. The molecule has 77 heavy (non-hydrogen) atoms. The Labute approximate surface area is 467 Å². The van der Waals surface area contributed by atoms with Gasteiger partial charge >= 0.3 is 23.9 Å². The molecular weight excluding hydrogens is 973 g/mol. The third kappa shape index (κ3) is 42.5. The van der Waals surface area contributed by atoms with E-state index >= 15 is 0 Å². The van der Waals surface area contributed by atoms with E-state index in [0.29, 0.717) is 19.3 Å². The molecule has 12 nitrogen and oxygen atoms in total. The Balaban J connectivity index is 2.70. The number of carbonyl (C=O) groups is 4. The third-order valence-electron chi connectivity index (χ3n) is 13.5. The minimum atomic E-state index is -1.91. The van der Waals surface area contributed by atoms with E-state index in [1.807, 2.05) is 12.2 Å². The number of allylic oxidation sites excluding steroid dienone is 14. The maximum Gasteiger partial charge on any atom is 0.335 e. The standard InChI is InChI=1S/C65H108O12/c1-4-7-10-13-16-19-21-23-25-27-29-31-33-35-37-40-42-45-48-51-57(66)73-54-56(75-58(67)52-49-46-44-41-38-36-34-32-30-28-26-24-22-20-17-14-11-8-5-2)55-74-65-63(61(70)60(69)62(77-65)64(71)72)76-59(68)53-50-47-43-39-18-15-12-9-6-3/h7,10,16,19,23-26,29,31,35,37,42,45,56,60-63,65,69-70H,4-6,8-9,11-15,17-18,20-22,27-28,30,32-34,36,38-41,43-44,46-55H2,1-3H3,(H,71,72)/b10-7-,19-16-,25-23-,26-24-,31-29-,37-35-,45-42-. The van der Waals surface area contributed by atoms with Crippen LogP contribution in [0.25, 0.3) is 0 Å². The molecule has 1 saturated heterocycles. The van der Waals surface area contributed by atoms with Gasteiger partial charge in [-0.1, -0.05) is 234 Å². The molecule has 0 radical (unpaired) electrons. The summed E-state index contributed by atoms with van der Waals surface area (Å²) in [5.41, 5.74) is 0. The van der Waals surface area contributed by atoms with Crippen LogP contribution in [0, 0.1) is 0 Å². The van der Waals surface area contributed by atoms with Gasteiger partial charge in [-0.3, -0.25) is 14.4 Å². The molecule has 6 unspecified atom stereocenters. The first-order valence-corrected chi connectivity index (χ1v) is 30.6. The smallest absolute Gasteiger partial charge is 0.335 e. The van der Waals surface area contributed by atoms with E-state index in [9.17, 15) is 34.5 Å².